The number of aryl methyl sites for hydroxylation is 1. The standard InChI is InChI=1S/C22H28N2O5S/c1-17-7-10-19(11-8-17)30(26,27)24(16-22(25)23-13-5-4-6-14-23)20-15-18(28-2)9-12-21(20)29-3/h7-12,15H,4-6,13-14,16H2,1-3H3. The summed E-state index contributed by atoms with van der Waals surface area (Å²) >= 11 is 0. The Morgan fingerprint density at radius 2 is 1.67 bits per heavy atom. The second-order valence-electron chi connectivity index (χ2n) is 7.30. The van der Waals surface area contributed by atoms with Gasteiger partial charge in [-0.1, -0.05) is 17.7 Å². The molecule has 7 nitrogen and oxygen atoms in total. The highest BCUT2D eigenvalue weighted by Gasteiger charge is 2.31. The lowest BCUT2D eigenvalue weighted by Gasteiger charge is -2.31. The maximum absolute atomic E-state index is 13.6. The molecule has 2 aromatic carbocycles. The molecule has 8 heteroatoms. The smallest absolute Gasteiger partial charge is 0.264 e. The van der Waals surface area contributed by atoms with E-state index in [4.69, 9.17) is 9.47 Å². The van der Waals surface area contributed by atoms with Crippen molar-refractivity contribution in [2.45, 2.75) is 31.1 Å². The topological polar surface area (TPSA) is 76.2 Å². The molecule has 1 aliphatic rings. The second kappa shape index (κ2) is 9.38. The summed E-state index contributed by atoms with van der Waals surface area (Å²) in [4.78, 5) is 14.9. The van der Waals surface area contributed by atoms with E-state index in [0.717, 1.165) is 29.1 Å². The van der Waals surface area contributed by atoms with E-state index >= 15 is 0 Å². The third kappa shape index (κ3) is 4.70. The lowest BCUT2D eigenvalue weighted by Crippen LogP contribution is -2.45. The monoisotopic (exact) mass is 432 g/mol. The number of rotatable bonds is 7. The number of amides is 1. The summed E-state index contributed by atoms with van der Waals surface area (Å²) in [7, 11) is -1.04. The Morgan fingerprint density at radius 3 is 2.27 bits per heavy atom. The number of likely N-dealkylation sites (tertiary alicyclic amines) is 1. The van der Waals surface area contributed by atoms with Crippen LogP contribution in [0, 0.1) is 6.92 Å². The molecule has 0 aliphatic carbocycles. The van der Waals surface area contributed by atoms with Crippen LogP contribution in [0.3, 0.4) is 0 Å². The first-order valence-electron chi connectivity index (χ1n) is 9.96. The van der Waals surface area contributed by atoms with Crippen molar-refractivity contribution in [3.63, 3.8) is 0 Å². The molecule has 0 radical (unpaired) electrons. The van der Waals surface area contributed by atoms with Gasteiger partial charge in [-0.3, -0.25) is 9.10 Å². The third-order valence-corrected chi connectivity index (χ3v) is 7.03. The van der Waals surface area contributed by atoms with Gasteiger partial charge in [0.1, 0.15) is 18.0 Å². The van der Waals surface area contributed by atoms with Crippen LogP contribution in [0.5, 0.6) is 11.5 Å². The minimum absolute atomic E-state index is 0.115. The number of hydrogen-bond acceptors (Lipinski definition) is 5. The molecular weight excluding hydrogens is 404 g/mol. The number of methoxy groups -OCH3 is 2. The first kappa shape index (κ1) is 22.0. The van der Waals surface area contributed by atoms with Gasteiger partial charge in [-0.2, -0.15) is 0 Å². The number of benzene rings is 2. The van der Waals surface area contributed by atoms with Crippen molar-refractivity contribution in [1.82, 2.24) is 4.90 Å². The minimum Gasteiger partial charge on any atom is -0.497 e. The van der Waals surface area contributed by atoms with Gasteiger partial charge in [0.15, 0.2) is 0 Å². The number of nitrogens with zero attached hydrogens (tertiary/aromatic N) is 2. The van der Waals surface area contributed by atoms with E-state index in [1.807, 2.05) is 6.92 Å². The van der Waals surface area contributed by atoms with Gasteiger partial charge in [0.25, 0.3) is 10.0 Å². The van der Waals surface area contributed by atoms with Crippen molar-refractivity contribution in [3.8, 4) is 11.5 Å². The van der Waals surface area contributed by atoms with Crippen LogP contribution in [0.15, 0.2) is 47.4 Å². The van der Waals surface area contributed by atoms with E-state index in [1.165, 1.54) is 14.2 Å². The lowest BCUT2D eigenvalue weighted by molar-refractivity contribution is -0.130. The van der Waals surface area contributed by atoms with Gasteiger partial charge < -0.3 is 14.4 Å². The van der Waals surface area contributed by atoms with Crippen LogP contribution in [-0.4, -0.2) is 53.1 Å². The van der Waals surface area contributed by atoms with Crippen molar-refractivity contribution in [3.05, 3.63) is 48.0 Å². The van der Waals surface area contributed by atoms with E-state index < -0.39 is 10.0 Å². The zero-order valence-corrected chi connectivity index (χ0v) is 18.4. The summed E-state index contributed by atoms with van der Waals surface area (Å²) < 4.78 is 39.0. The quantitative estimate of drug-likeness (QED) is 0.672. The van der Waals surface area contributed by atoms with E-state index in [2.05, 4.69) is 0 Å². The highest BCUT2D eigenvalue weighted by atomic mass is 32.2. The summed E-state index contributed by atoms with van der Waals surface area (Å²) in [6.45, 7) is 2.87. The van der Waals surface area contributed by atoms with Gasteiger partial charge in [-0.25, -0.2) is 8.42 Å². The van der Waals surface area contributed by atoms with Gasteiger partial charge in [0.05, 0.1) is 24.8 Å². The summed E-state index contributed by atoms with van der Waals surface area (Å²) in [5, 5.41) is 0. The van der Waals surface area contributed by atoms with Gasteiger partial charge >= 0.3 is 0 Å². The van der Waals surface area contributed by atoms with Crippen LogP contribution in [0.1, 0.15) is 24.8 Å². The van der Waals surface area contributed by atoms with Gasteiger partial charge in [0, 0.05) is 19.2 Å². The Kier molecular flexibility index (Phi) is 6.87. The van der Waals surface area contributed by atoms with Crippen molar-refractivity contribution >= 4 is 21.6 Å². The molecule has 1 aliphatic heterocycles. The Hall–Kier alpha value is -2.74. The summed E-state index contributed by atoms with van der Waals surface area (Å²) in [6, 6.07) is 11.5. The molecule has 0 spiro atoms. The summed E-state index contributed by atoms with van der Waals surface area (Å²) in [5.74, 6) is 0.591. The fraction of sp³-hybridized carbons (Fsp3) is 0.409. The molecule has 162 valence electrons. The lowest BCUT2D eigenvalue weighted by atomic mass is 10.1. The van der Waals surface area contributed by atoms with Gasteiger partial charge in [0.2, 0.25) is 5.91 Å². The molecule has 0 unspecified atom stereocenters. The Bertz CT molecular complexity index is 983. The second-order valence-corrected chi connectivity index (χ2v) is 9.17. The Balaban J connectivity index is 2.06. The number of sulfonamides is 1. The number of ether oxygens (including phenoxy) is 2. The molecule has 1 saturated heterocycles. The molecule has 1 fully saturated rings. The fourth-order valence-electron chi connectivity index (χ4n) is 3.49. The van der Waals surface area contributed by atoms with Crippen molar-refractivity contribution < 1.29 is 22.7 Å². The van der Waals surface area contributed by atoms with Gasteiger partial charge in [-0.05, 0) is 50.5 Å². The molecule has 1 heterocycles. The van der Waals surface area contributed by atoms with Crippen molar-refractivity contribution in [2.24, 2.45) is 0 Å². The normalized spacial score (nSPS) is 14.3. The van der Waals surface area contributed by atoms with Crippen molar-refractivity contribution in [2.75, 3.05) is 38.2 Å². The summed E-state index contributed by atoms with van der Waals surface area (Å²) in [6.07, 6.45) is 2.94. The fourth-order valence-corrected chi connectivity index (χ4v) is 4.91. The number of piperidine rings is 1. The van der Waals surface area contributed by atoms with Crippen molar-refractivity contribution in [1.29, 1.82) is 0 Å². The van der Waals surface area contributed by atoms with Crippen LogP contribution in [0.2, 0.25) is 0 Å². The molecule has 0 bridgehead atoms. The highest BCUT2D eigenvalue weighted by Crippen LogP contribution is 2.35. The highest BCUT2D eigenvalue weighted by molar-refractivity contribution is 7.92. The molecule has 0 saturated carbocycles. The predicted octanol–water partition coefficient (Wildman–Crippen LogP) is 3.22. The van der Waals surface area contributed by atoms with Crippen LogP contribution >= 0.6 is 0 Å². The molecule has 2 aromatic rings. The SMILES string of the molecule is COc1ccc(OC)c(N(CC(=O)N2CCCCC2)S(=O)(=O)c2ccc(C)cc2)c1. The Labute approximate surface area is 178 Å². The number of anilines is 1. The first-order valence-corrected chi connectivity index (χ1v) is 11.4. The average Bonchev–Trinajstić information content (AvgIpc) is 2.77. The predicted molar refractivity (Wildman–Crippen MR) is 116 cm³/mol. The van der Waals surface area contributed by atoms with E-state index in [0.29, 0.717) is 24.6 Å². The van der Waals surface area contributed by atoms with Crippen LogP contribution < -0.4 is 13.8 Å². The van der Waals surface area contributed by atoms with E-state index in [-0.39, 0.29) is 23.0 Å². The maximum Gasteiger partial charge on any atom is 0.264 e. The average molecular weight is 433 g/mol. The van der Waals surface area contributed by atoms with Crippen LogP contribution in [0.25, 0.3) is 0 Å². The number of hydrogen-bond donors (Lipinski definition) is 0. The van der Waals surface area contributed by atoms with Gasteiger partial charge in [-0.15, -0.1) is 0 Å². The number of carbonyl (C=O) groups excluding carboxylic acids is 1. The third-order valence-electron chi connectivity index (χ3n) is 5.25. The number of carbonyl (C=O) groups is 1. The molecule has 0 aromatic heterocycles. The Morgan fingerprint density at radius 1 is 1.00 bits per heavy atom. The largest absolute Gasteiger partial charge is 0.497 e. The molecule has 30 heavy (non-hydrogen) atoms. The summed E-state index contributed by atoms with van der Waals surface area (Å²) in [5.41, 5.74) is 1.21. The molecular formula is C22H28N2O5S. The molecule has 3 rings (SSSR count). The van der Waals surface area contributed by atoms with E-state index in [1.54, 1.807) is 47.4 Å². The first-order chi connectivity index (χ1) is 14.4. The molecule has 1 amide bonds. The molecule has 0 atom stereocenters. The zero-order chi connectivity index (χ0) is 21.7. The zero-order valence-electron chi connectivity index (χ0n) is 17.6. The van der Waals surface area contributed by atoms with E-state index in [9.17, 15) is 13.2 Å². The van der Waals surface area contributed by atoms with Crippen LogP contribution in [0.4, 0.5) is 5.69 Å². The van der Waals surface area contributed by atoms with Crippen LogP contribution in [-0.2, 0) is 14.8 Å². The minimum atomic E-state index is -4.01. The maximum atomic E-state index is 13.6. The molecule has 0 N–H and O–H groups in total.